The molecule has 0 bridgehead atoms. The van der Waals surface area contributed by atoms with Crippen LogP contribution in [0.4, 0.5) is 0 Å². The molecule has 124 valence electrons. The van der Waals surface area contributed by atoms with Crippen molar-refractivity contribution in [2.45, 2.75) is 51.7 Å². The second-order valence-corrected chi connectivity index (χ2v) is 5.84. The standard InChI is InChI=1S/C17H27N3O.HI/c1-4-13(3)20-16(18-5-2)19-12-17(21)11-10-14-8-6-7-9-15(14)17;/h6-9,13,21H,4-5,10-12H2,1-3H3,(H2,18,19,20);1H. The Hall–Kier alpha value is -0.820. The summed E-state index contributed by atoms with van der Waals surface area (Å²) < 4.78 is 0. The molecule has 1 aliphatic rings. The molecule has 0 spiro atoms. The van der Waals surface area contributed by atoms with Crippen molar-refractivity contribution in [3.05, 3.63) is 35.4 Å². The molecule has 0 radical (unpaired) electrons. The number of hydrogen-bond acceptors (Lipinski definition) is 2. The van der Waals surface area contributed by atoms with Crippen molar-refractivity contribution < 1.29 is 5.11 Å². The van der Waals surface area contributed by atoms with E-state index in [4.69, 9.17) is 0 Å². The predicted molar refractivity (Wildman–Crippen MR) is 103 cm³/mol. The fraction of sp³-hybridized carbons (Fsp3) is 0.588. The maximum absolute atomic E-state index is 10.9. The van der Waals surface area contributed by atoms with E-state index in [0.29, 0.717) is 12.6 Å². The second kappa shape index (κ2) is 8.72. The van der Waals surface area contributed by atoms with Gasteiger partial charge >= 0.3 is 0 Å². The number of fused-ring (bicyclic) bond motifs is 1. The molecule has 1 aliphatic carbocycles. The zero-order valence-corrected chi connectivity index (χ0v) is 16.1. The highest BCUT2D eigenvalue weighted by Crippen LogP contribution is 2.36. The molecule has 0 fully saturated rings. The van der Waals surface area contributed by atoms with E-state index in [2.05, 4.69) is 35.5 Å². The first kappa shape index (κ1) is 19.2. The fourth-order valence-corrected chi connectivity index (χ4v) is 2.70. The molecule has 22 heavy (non-hydrogen) atoms. The van der Waals surface area contributed by atoms with Crippen LogP contribution in [0, 0.1) is 0 Å². The van der Waals surface area contributed by atoms with Crippen molar-refractivity contribution in [2.75, 3.05) is 13.1 Å². The third kappa shape index (κ3) is 4.59. The van der Waals surface area contributed by atoms with Gasteiger partial charge in [0.1, 0.15) is 5.60 Å². The van der Waals surface area contributed by atoms with Crippen molar-refractivity contribution in [3.63, 3.8) is 0 Å². The SMILES string of the molecule is CCNC(=NCC1(O)CCc2ccccc21)NC(C)CC.I. The maximum Gasteiger partial charge on any atom is 0.191 e. The number of rotatable bonds is 5. The van der Waals surface area contributed by atoms with E-state index in [1.165, 1.54) is 5.56 Å². The summed E-state index contributed by atoms with van der Waals surface area (Å²) >= 11 is 0. The number of guanidine groups is 1. The van der Waals surface area contributed by atoms with Crippen LogP contribution >= 0.6 is 24.0 Å². The summed E-state index contributed by atoms with van der Waals surface area (Å²) in [6.45, 7) is 7.54. The molecule has 3 N–H and O–H groups in total. The molecule has 0 saturated heterocycles. The first-order chi connectivity index (χ1) is 10.1. The Morgan fingerprint density at radius 2 is 2.09 bits per heavy atom. The van der Waals surface area contributed by atoms with Gasteiger partial charge in [0.15, 0.2) is 5.96 Å². The highest BCUT2D eigenvalue weighted by atomic mass is 127. The fourth-order valence-electron chi connectivity index (χ4n) is 2.70. The number of nitrogens with one attached hydrogen (secondary N) is 2. The summed E-state index contributed by atoms with van der Waals surface area (Å²) in [5.41, 5.74) is 1.46. The second-order valence-electron chi connectivity index (χ2n) is 5.84. The smallest absolute Gasteiger partial charge is 0.191 e. The van der Waals surface area contributed by atoms with Gasteiger partial charge in [-0.2, -0.15) is 0 Å². The molecule has 0 saturated carbocycles. The molecule has 0 aliphatic heterocycles. The van der Waals surface area contributed by atoms with Gasteiger partial charge in [0.05, 0.1) is 6.54 Å². The van der Waals surface area contributed by atoms with Gasteiger partial charge in [0.25, 0.3) is 0 Å². The van der Waals surface area contributed by atoms with Crippen LogP contribution < -0.4 is 10.6 Å². The number of nitrogens with zero attached hydrogens (tertiary/aromatic N) is 1. The maximum atomic E-state index is 10.9. The Balaban J connectivity index is 0.00000242. The number of halogens is 1. The molecular weight excluding hydrogens is 389 g/mol. The average molecular weight is 417 g/mol. The lowest BCUT2D eigenvalue weighted by molar-refractivity contribution is 0.0485. The summed E-state index contributed by atoms with van der Waals surface area (Å²) in [6, 6.07) is 8.50. The van der Waals surface area contributed by atoms with E-state index >= 15 is 0 Å². The largest absolute Gasteiger partial charge is 0.383 e. The van der Waals surface area contributed by atoms with E-state index in [9.17, 15) is 5.11 Å². The topological polar surface area (TPSA) is 56.7 Å². The molecule has 4 nitrogen and oxygen atoms in total. The highest BCUT2D eigenvalue weighted by Gasteiger charge is 2.36. The van der Waals surface area contributed by atoms with Crippen LogP contribution in [0.15, 0.2) is 29.3 Å². The Morgan fingerprint density at radius 1 is 1.36 bits per heavy atom. The van der Waals surface area contributed by atoms with E-state index in [0.717, 1.165) is 37.3 Å². The normalized spacial score (nSPS) is 21.7. The third-order valence-corrected chi connectivity index (χ3v) is 4.17. The van der Waals surface area contributed by atoms with E-state index < -0.39 is 5.60 Å². The quantitative estimate of drug-likeness (QED) is 0.393. The first-order valence-electron chi connectivity index (χ1n) is 7.94. The van der Waals surface area contributed by atoms with Gasteiger partial charge in [0, 0.05) is 12.6 Å². The predicted octanol–water partition coefficient (Wildman–Crippen LogP) is 2.79. The minimum absolute atomic E-state index is 0. The van der Waals surface area contributed by atoms with Crippen LogP contribution in [0.1, 0.15) is 44.7 Å². The number of aliphatic hydroxyl groups is 1. The van der Waals surface area contributed by atoms with Crippen LogP contribution in [-0.4, -0.2) is 30.2 Å². The molecule has 2 unspecified atom stereocenters. The van der Waals surface area contributed by atoms with Gasteiger partial charge in [-0.3, -0.25) is 0 Å². The van der Waals surface area contributed by atoms with Crippen molar-refractivity contribution in [2.24, 2.45) is 4.99 Å². The minimum atomic E-state index is -0.825. The molecule has 2 atom stereocenters. The zero-order chi connectivity index (χ0) is 15.3. The summed E-state index contributed by atoms with van der Waals surface area (Å²) in [4.78, 5) is 4.60. The van der Waals surface area contributed by atoms with E-state index in [-0.39, 0.29) is 24.0 Å². The monoisotopic (exact) mass is 417 g/mol. The van der Waals surface area contributed by atoms with Gasteiger partial charge in [-0.15, -0.1) is 24.0 Å². The molecule has 1 aromatic carbocycles. The number of benzene rings is 1. The molecule has 0 aromatic heterocycles. The molecule has 1 aromatic rings. The molecular formula is C17H28IN3O. The Kier molecular flexibility index (Phi) is 7.62. The average Bonchev–Trinajstić information content (AvgIpc) is 2.83. The minimum Gasteiger partial charge on any atom is -0.383 e. The highest BCUT2D eigenvalue weighted by molar-refractivity contribution is 14.0. The lowest BCUT2D eigenvalue weighted by Gasteiger charge is -2.23. The van der Waals surface area contributed by atoms with Gasteiger partial charge in [-0.05, 0) is 44.2 Å². The van der Waals surface area contributed by atoms with E-state index in [1.807, 2.05) is 25.1 Å². The number of aryl methyl sites for hydroxylation is 1. The van der Waals surface area contributed by atoms with Gasteiger partial charge < -0.3 is 15.7 Å². The lowest BCUT2D eigenvalue weighted by Crippen LogP contribution is -2.43. The molecule has 0 heterocycles. The van der Waals surface area contributed by atoms with E-state index in [1.54, 1.807) is 0 Å². The van der Waals surface area contributed by atoms with Crippen molar-refractivity contribution in [1.82, 2.24) is 10.6 Å². The summed E-state index contributed by atoms with van der Waals surface area (Å²) in [5.74, 6) is 0.782. The van der Waals surface area contributed by atoms with Crippen molar-refractivity contribution in [1.29, 1.82) is 0 Å². The van der Waals surface area contributed by atoms with Gasteiger partial charge in [-0.1, -0.05) is 31.2 Å². The number of hydrogen-bond donors (Lipinski definition) is 3. The first-order valence-corrected chi connectivity index (χ1v) is 7.94. The number of aliphatic imine (C=N–C) groups is 1. The molecule has 0 amide bonds. The summed E-state index contributed by atoms with van der Waals surface area (Å²) in [6.07, 6.45) is 2.72. The van der Waals surface area contributed by atoms with Gasteiger partial charge in [-0.25, -0.2) is 4.99 Å². The summed E-state index contributed by atoms with van der Waals surface area (Å²) in [5, 5.41) is 17.5. The Labute approximate surface area is 150 Å². The Bertz CT molecular complexity index is 506. The van der Waals surface area contributed by atoms with Crippen LogP contribution in [0.5, 0.6) is 0 Å². The zero-order valence-electron chi connectivity index (χ0n) is 13.7. The molecule has 5 heteroatoms. The molecule has 2 rings (SSSR count). The van der Waals surface area contributed by atoms with Crippen LogP contribution in [-0.2, 0) is 12.0 Å². The van der Waals surface area contributed by atoms with Crippen LogP contribution in [0.3, 0.4) is 0 Å². The van der Waals surface area contributed by atoms with Gasteiger partial charge in [0.2, 0.25) is 0 Å². The van der Waals surface area contributed by atoms with Crippen LogP contribution in [0.25, 0.3) is 0 Å². The summed E-state index contributed by atoms with van der Waals surface area (Å²) in [7, 11) is 0. The van der Waals surface area contributed by atoms with Crippen LogP contribution in [0.2, 0.25) is 0 Å². The van der Waals surface area contributed by atoms with Crippen molar-refractivity contribution >= 4 is 29.9 Å². The van der Waals surface area contributed by atoms with Crippen molar-refractivity contribution in [3.8, 4) is 0 Å². The Morgan fingerprint density at radius 3 is 2.77 bits per heavy atom. The third-order valence-electron chi connectivity index (χ3n) is 4.17. The lowest BCUT2D eigenvalue weighted by atomic mass is 9.96.